The number of benzene rings is 1. The van der Waals surface area contributed by atoms with Crippen LogP contribution < -0.4 is 10.6 Å². The van der Waals surface area contributed by atoms with E-state index in [1.807, 2.05) is 32.8 Å². The van der Waals surface area contributed by atoms with Crippen molar-refractivity contribution in [3.8, 4) is 0 Å². The number of rotatable bonds is 7. The summed E-state index contributed by atoms with van der Waals surface area (Å²) in [4.78, 5) is 25.8. The van der Waals surface area contributed by atoms with Crippen molar-refractivity contribution >= 4 is 11.8 Å². The van der Waals surface area contributed by atoms with Gasteiger partial charge in [0.05, 0.1) is 0 Å². The van der Waals surface area contributed by atoms with Gasteiger partial charge in [-0.1, -0.05) is 6.92 Å². The lowest BCUT2D eigenvalue weighted by molar-refractivity contribution is 0.0931. The molecule has 116 valence electrons. The molecule has 1 unspecified atom stereocenters. The summed E-state index contributed by atoms with van der Waals surface area (Å²) >= 11 is 0. The van der Waals surface area contributed by atoms with Gasteiger partial charge in [-0.3, -0.25) is 9.59 Å². The summed E-state index contributed by atoms with van der Waals surface area (Å²) in [5, 5.41) is 5.74. The van der Waals surface area contributed by atoms with E-state index in [9.17, 15) is 9.59 Å². The number of nitrogens with zero attached hydrogens (tertiary/aromatic N) is 1. The molecule has 0 aromatic heterocycles. The minimum Gasteiger partial charge on any atom is -0.351 e. The molecule has 0 radical (unpaired) electrons. The summed E-state index contributed by atoms with van der Waals surface area (Å²) in [5.74, 6) is -0.227. The Balaban J connectivity index is 2.57. The van der Waals surface area contributed by atoms with Crippen LogP contribution in [0.1, 0.15) is 41.0 Å². The van der Waals surface area contributed by atoms with E-state index in [-0.39, 0.29) is 17.9 Å². The van der Waals surface area contributed by atoms with Crippen LogP contribution in [0.25, 0.3) is 0 Å². The SMILES string of the molecule is CCC(C)NC(=O)c1ccc(C(=O)NCCN(C)C)cc1. The summed E-state index contributed by atoms with van der Waals surface area (Å²) in [5.41, 5.74) is 1.13. The van der Waals surface area contributed by atoms with Gasteiger partial charge in [0.1, 0.15) is 0 Å². The molecule has 0 aliphatic rings. The van der Waals surface area contributed by atoms with Crippen LogP contribution in [0.15, 0.2) is 24.3 Å². The molecule has 2 amide bonds. The van der Waals surface area contributed by atoms with Gasteiger partial charge < -0.3 is 15.5 Å². The fraction of sp³-hybridized carbons (Fsp3) is 0.500. The molecule has 0 aliphatic heterocycles. The minimum atomic E-state index is -0.120. The lowest BCUT2D eigenvalue weighted by Gasteiger charge is -2.12. The van der Waals surface area contributed by atoms with E-state index < -0.39 is 0 Å². The van der Waals surface area contributed by atoms with Crippen molar-refractivity contribution < 1.29 is 9.59 Å². The number of carbonyl (C=O) groups is 2. The Kier molecular flexibility index (Phi) is 6.88. The lowest BCUT2D eigenvalue weighted by Crippen LogP contribution is -2.32. The molecule has 1 aromatic rings. The molecule has 0 bridgehead atoms. The predicted octanol–water partition coefficient (Wildman–Crippen LogP) is 1.51. The molecule has 0 saturated heterocycles. The average Bonchev–Trinajstić information content (AvgIpc) is 2.46. The largest absolute Gasteiger partial charge is 0.351 e. The van der Waals surface area contributed by atoms with Gasteiger partial charge in [0.25, 0.3) is 11.8 Å². The van der Waals surface area contributed by atoms with E-state index in [1.165, 1.54) is 0 Å². The normalized spacial score (nSPS) is 12.0. The van der Waals surface area contributed by atoms with Crippen LogP contribution in [0.2, 0.25) is 0 Å². The molecule has 1 atom stereocenters. The number of hydrogen-bond acceptors (Lipinski definition) is 3. The molecule has 0 spiro atoms. The molecule has 0 fully saturated rings. The third kappa shape index (κ3) is 5.95. The van der Waals surface area contributed by atoms with Crippen LogP contribution in [0, 0.1) is 0 Å². The van der Waals surface area contributed by atoms with Crippen molar-refractivity contribution in [3.63, 3.8) is 0 Å². The molecular formula is C16H25N3O2. The first-order valence-corrected chi connectivity index (χ1v) is 7.28. The Hall–Kier alpha value is -1.88. The van der Waals surface area contributed by atoms with Crippen LogP contribution >= 0.6 is 0 Å². The Morgan fingerprint density at radius 3 is 2.10 bits per heavy atom. The maximum atomic E-state index is 11.9. The van der Waals surface area contributed by atoms with E-state index in [4.69, 9.17) is 0 Å². The molecular weight excluding hydrogens is 266 g/mol. The monoisotopic (exact) mass is 291 g/mol. The van der Waals surface area contributed by atoms with Gasteiger partial charge in [-0.05, 0) is 51.7 Å². The summed E-state index contributed by atoms with van der Waals surface area (Å²) in [6, 6.07) is 6.86. The smallest absolute Gasteiger partial charge is 0.251 e. The van der Waals surface area contributed by atoms with E-state index in [0.717, 1.165) is 13.0 Å². The van der Waals surface area contributed by atoms with Gasteiger partial charge in [-0.2, -0.15) is 0 Å². The second-order valence-electron chi connectivity index (χ2n) is 5.42. The maximum Gasteiger partial charge on any atom is 0.251 e. The number of nitrogens with one attached hydrogen (secondary N) is 2. The molecule has 0 heterocycles. The Morgan fingerprint density at radius 1 is 1.10 bits per heavy atom. The standard InChI is InChI=1S/C16H25N3O2/c1-5-12(2)18-16(21)14-8-6-13(7-9-14)15(20)17-10-11-19(3)4/h6-9,12H,5,10-11H2,1-4H3,(H,17,20)(H,18,21). The Morgan fingerprint density at radius 2 is 1.62 bits per heavy atom. The lowest BCUT2D eigenvalue weighted by atomic mass is 10.1. The number of carbonyl (C=O) groups excluding carboxylic acids is 2. The van der Waals surface area contributed by atoms with Crippen LogP contribution in [-0.4, -0.2) is 49.9 Å². The molecule has 5 nitrogen and oxygen atoms in total. The van der Waals surface area contributed by atoms with Crippen molar-refractivity contribution in [1.29, 1.82) is 0 Å². The van der Waals surface area contributed by atoms with Gasteiger partial charge in [0, 0.05) is 30.3 Å². The van der Waals surface area contributed by atoms with Crippen molar-refractivity contribution in [2.24, 2.45) is 0 Å². The Labute approximate surface area is 126 Å². The third-order valence-corrected chi connectivity index (χ3v) is 3.24. The zero-order valence-corrected chi connectivity index (χ0v) is 13.3. The predicted molar refractivity (Wildman–Crippen MR) is 84.5 cm³/mol. The zero-order valence-electron chi connectivity index (χ0n) is 13.3. The van der Waals surface area contributed by atoms with Gasteiger partial charge in [-0.25, -0.2) is 0 Å². The number of hydrogen-bond donors (Lipinski definition) is 2. The molecule has 0 saturated carbocycles. The highest BCUT2D eigenvalue weighted by Crippen LogP contribution is 2.05. The maximum absolute atomic E-state index is 11.9. The molecule has 1 rings (SSSR count). The van der Waals surface area contributed by atoms with Crippen LogP contribution in [0.3, 0.4) is 0 Å². The number of likely N-dealkylation sites (N-methyl/N-ethyl adjacent to an activating group) is 1. The summed E-state index contributed by atoms with van der Waals surface area (Å²) in [6.45, 7) is 5.37. The first kappa shape index (κ1) is 17.2. The topological polar surface area (TPSA) is 61.4 Å². The van der Waals surface area contributed by atoms with E-state index in [2.05, 4.69) is 10.6 Å². The fourth-order valence-corrected chi connectivity index (χ4v) is 1.68. The van der Waals surface area contributed by atoms with Crippen LogP contribution in [-0.2, 0) is 0 Å². The quantitative estimate of drug-likeness (QED) is 0.800. The highest BCUT2D eigenvalue weighted by Gasteiger charge is 2.10. The molecule has 5 heteroatoms. The first-order valence-electron chi connectivity index (χ1n) is 7.28. The third-order valence-electron chi connectivity index (χ3n) is 3.24. The fourth-order valence-electron chi connectivity index (χ4n) is 1.68. The summed E-state index contributed by atoms with van der Waals surface area (Å²) in [7, 11) is 3.91. The molecule has 2 N–H and O–H groups in total. The van der Waals surface area contributed by atoms with Gasteiger partial charge >= 0.3 is 0 Å². The van der Waals surface area contributed by atoms with Crippen molar-refractivity contribution in [2.75, 3.05) is 27.2 Å². The van der Waals surface area contributed by atoms with Gasteiger partial charge in [-0.15, -0.1) is 0 Å². The highest BCUT2D eigenvalue weighted by atomic mass is 16.2. The minimum absolute atomic E-state index is 0.107. The van der Waals surface area contributed by atoms with Crippen LogP contribution in [0.4, 0.5) is 0 Å². The Bertz CT molecular complexity index is 469. The molecule has 21 heavy (non-hydrogen) atoms. The summed E-state index contributed by atoms with van der Waals surface area (Å²) < 4.78 is 0. The van der Waals surface area contributed by atoms with Gasteiger partial charge in [0.2, 0.25) is 0 Å². The average molecular weight is 291 g/mol. The molecule has 1 aromatic carbocycles. The number of amides is 2. The van der Waals surface area contributed by atoms with E-state index >= 15 is 0 Å². The molecule has 0 aliphatic carbocycles. The van der Waals surface area contributed by atoms with Crippen molar-refractivity contribution in [3.05, 3.63) is 35.4 Å². The van der Waals surface area contributed by atoms with Crippen molar-refractivity contribution in [2.45, 2.75) is 26.3 Å². The van der Waals surface area contributed by atoms with E-state index in [0.29, 0.717) is 17.7 Å². The first-order chi connectivity index (χ1) is 9.93. The summed E-state index contributed by atoms with van der Waals surface area (Å²) in [6.07, 6.45) is 0.887. The van der Waals surface area contributed by atoms with Crippen LogP contribution in [0.5, 0.6) is 0 Å². The van der Waals surface area contributed by atoms with Crippen molar-refractivity contribution in [1.82, 2.24) is 15.5 Å². The van der Waals surface area contributed by atoms with Gasteiger partial charge in [0.15, 0.2) is 0 Å². The second kappa shape index (κ2) is 8.42. The highest BCUT2D eigenvalue weighted by molar-refractivity contribution is 5.97. The second-order valence-corrected chi connectivity index (χ2v) is 5.42. The zero-order chi connectivity index (χ0) is 15.8. The van der Waals surface area contributed by atoms with E-state index in [1.54, 1.807) is 24.3 Å².